The van der Waals surface area contributed by atoms with Gasteiger partial charge in [0.05, 0.1) is 15.7 Å². The van der Waals surface area contributed by atoms with E-state index in [1.54, 1.807) is 24.3 Å². The van der Waals surface area contributed by atoms with Gasteiger partial charge in [-0.2, -0.15) is 4.31 Å². The summed E-state index contributed by atoms with van der Waals surface area (Å²) in [5, 5.41) is 12.8. The normalized spacial score (nSPS) is 16.1. The minimum atomic E-state index is -3.85. The Hall–Kier alpha value is -1.80. The highest BCUT2D eigenvalue weighted by Gasteiger charge is 2.34. The van der Waals surface area contributed by atoms with Crippen molar-refractivity contribution < 1.29 is 18.3 Å². The van der Waals surface area contributed by atoms with Gasteiger partial charge in [0.15, 0.2) is 0 Å². The molecule has 0 radical (unpaired) electrons. The lowest BCUT2D eigenvalue weighted by Crippen LogP contribution is -2.41. The lowest BCUT2D eigenvalue weighted by Gasteiger charge is -2.31. The van der Waals surface area contributed by atoms with E-state index in [1.165, 1.54) is 16.4 Å². The molecule has 1 heterocycles. The second-order valence-electron chi connectivity index (χ2n) is 6.74. The lowest BCUT2D eigenvalue weighted by atomic mass is 9.97. The van der Waals surface area contributed by atoms with Gasteiger partial charge in [0.2, 0.25) is 15.9 Å². The topological polar surface area (TPSA) is 86.7 Å². The Labute approximate surface area is 174 Å². The van der Waals surface area contributed by atoms with Crippen molar-refractivity contribution in [2.24, 2.45) is 5.92 Å². The Morgan fingerprint density at radius 1 is 1.14 bits per heavy atom. The number of hydrogen-bond donors (Lipinski definition) is 2. The summed E-state index contributed by atoms with van der Waals surface area (Å²) >= 11 is 12.1. The molecule has 0 unspecified atom stereocenters. The molecular formula is C19H20Cl2N2O4S. The molecule has 0 bridgehead atoms. The van der Waals surface area contributed by atoms with Gasteiger partial charge in [-0.25, -0.2) is 8.42 Å². The largest absolute Gasteiger partial charge is 0.506 e. The number of amides is 1. The molecule has 2 N–H and O–H groups in total. The van der Waals surface area contributed by atoms with Crippen molar-refractivity contribution in [3.8, 4) is 5.75 Å². The number of piperidine rings is 1. The van der Waals surface area contributed by atoms with Crippen molar-refractivity contribution >= 4 is 44.8 Å². The van der Waals surface area contributed by atoms with Crippen molar-refractivity contribution in [1.29, 1.82) is 0 Å². The second-order valence-corrected chi connectivity index (χ2v) is 9.43. The maximum Gasteiger partial charge on any atom is 0.246 e. The highest BCUT2D eigenvalue weighted by atomic mass is 35.5. The fraction of sp³-hybridized carbons (Fsp3) is 0.316. The van der Waals surface area contributed by atoms with Crippen LogP contribution in [0.1, 0.15) is 18.4 Å². The average molecular weight is 443 g/mol. The van der Waals surface area contributed by atoms with Gasteiger partial charge in [0.25, 0.3) is 0 Å². The molecule has 3 rings (SSSR count). The molecular weight excluding hydrogens is 423 g/mol. The van der Waals surface area contributed by atoms with E-state index in [0.717, 1.165) is 5.56 Å². The minimum absolute atomic E-state index is 0.00160. The fourth-order valence-electron chi connectivity index (χ4n) is 3.20. The van der Waals surface area contributed by atoms with Crippen molar-refractivity contribution in [3.63, 3.8) is 0 Å². The van der Waals surface area contributed by atoms with Crippen LogP contribution in [0.15, 0.2) is 41.3 Å². The molecule has 28 heavy (non-hydrogen) atoms. The first kappa shape index (κ1) is 20.9. The van der Waals surface area contributed by atoms with E-state index in [2.05, 4.69) is 5.32 Å². The first-order valence-electron chi connectivity index (χ1n) is 8.75. The Balaban J connectivity index is 1.68. The monoisotopic (exact) mass is 442 g/mol. The van der Waals surface area contributed by atoms with Crippen LogP contribution in [0.4, 0.5) is 5.69 Å². The number of benzene rings is 2. The van der Waals surface area contributed by atoms with Gasteiger partial charge in [-0.3, -0.25) is 4.79 Å². The van der Waals surface area contributed by atoms with Gasteiger partial charge in [0.1, 0.15) is 10.6 Å². The zero-order chi connectivity index (χ0) is 20.5. The van der Waals surface area contributed by atoms with Crippen LogP contribution in [-0.2, 0) is 14.8 Å². The molecule has 1 aliphatic heterocycles. The van der Waals surface area contributed by atoms with Gasteiger partial charge < -0.3 is 10.4 Å². The number of nitrogens with one attached hydrogen (secondary N) is 1. The van der Waals surface area contributed by atoms with E-state index in [0.29, 0.717) is 18.5 Å². The summed E-state index contributed by atoms with van der Waals surface area (Å²) in [6.07, 6.45) is 0.722. The SMILES string of the molecule is Cc1ccc(NC(=O)C2CCN(S(=O)(=O)c3c(Cl)cccc3Cl)CC2)c(O)c1. The third kappa shape index (κ3) is 4.27. The van der Waals surface area contributed by atoms with Gasteiger partial charge >= 0.3 is 0 Å². The minimum Gasteiger partial charge on any atom is -0.506 e. The van der Waals surface area contributed by atoms with Crippen molar-refractivity contribution in [2.75, 3.05) is 18.4 Å². The first-order valence-corrected chi connectivity index (χ1v) is 10.9. The predicted molar refractivity (Wildman–Crippen MR) is 109 cm³/mol. The van der Waals surface area contributed by atoms with Gasteiger partial charge in [0, 0.05) is 19.0 Å². The number of carbonyl (C=O) groups is 1. The standard InChI is InChI=1S/C19H20Cl2N2O4S/c1-12-5-6-16(17(24)11-12)22-19(25)13-7-9-23(10-8-13)28(26,27)18-14(20)3-2-4-15(18)21/h2-6,11,13,24H,7-10H2,1H3,(H,22,25). The number of anilines is 1. The molecule has 150 valence electrons. The van der Waals surface area contributed by atoms with E-state index < -0.39 is 10.0 Å². The number of sulfonamides is 1. The molecule has 6 nitrogen and oxygen atoms in total. The molecule has 2 aromatic carbocycles. The lowest BCUT2D eigenvalue weighted by molar-refractivity contribution is -0.120. The summed E-state index contributed by atoms with van der Waals surface area (Å²) in [5.74, 6) is -0.595. The summed E-state index contributed by atoms with van der Waals surface area (Å²) < 4.78 is 27.1. The Morgan fingerprint density at radius 3 is 2.32 bits per heavy atom. The number of aryl methyl sites for hydroxylation is 1. The summed E-state index contributed by atoms with van der Waals surface area (Å²) in [7, 11) is -3.85. The Morgan fingerprint density at radius 2 is 1.75 bits per heavy atom. The number of phenols is 1. The summed E-state index contributed by atoms with van der Waals surface area (Å²) in [6.45, 7) is 2.20. The third-order valence-corrected chi connectivity index (χ3v) is 7.61. The molecule has 1 fully saturated rings. The van der Waals surface area contributed by atoms with Gasteiger partial charge in [-0.15, -0.1) is 0 Å². The highest BCUT2D eigenvalue weighted by molar-refractivity contribution is 7.89. The number of aromatic hydroxyl groups is 1. The number of halogens is 2. The maximum absolute atomic E-state index is 12.9. The number of nitrogens with zero attached hydrogens (tertiary/aromatic N) is 1. The van der Waals surface area contributed by atoms with E-state index in [1.807, 2.05) is 6.92 Å². The van der Waals surface area contributed by atoms with Crippen LogP contribution >= 0.6 is 23.2 Å². The third-order valence-electron chi connectivity index (χ3n) is 4.75. The second kappa shape index (κ2) is 8.29. The first-order chi connectivity index (χ1) is 13.2. The molecule has 0 spiro atoms. The van der Waals surface area contributed by atoms with E-state index in [4.69, 9.17) is 23.2 Å². The maximum atomic E-state index is 12.9. The van der Waals surface area contributed by atoms with Crippen LogP contribution in [0, 0.1) is 12.8 Å². The highest BCUT2D eigenvalue weighted by Crippen LogP contribution is 2.34. The molecule has 0 aliphatic carbocycles. The quantitative estimate of drug-likeness (QED) is 0.699. The van der Waals surface area contributed by atoms with Crippen LogP contribution in [-0.4, -0.2) is 36.8 Å². The van der Waals surface area contributed by atoms with E-state index >= 15 is 0 Å². The van der Waals surface area contributed by atoms with E-state index in [-0.39, 0.29) is 45.6 Å². The molecule has 2 aromatic rings. The predicted octanol–water partition coefficient (Wildman–Crippen LogP) is 4.05. The van der Waals surface area contributed by atoms with Gasteiger partial charge in [-0.05, 0) is 49.6 Å². The van der Waals surface area contributed by atoms with Crippen LogP contribution in [0.5, 0.6) is 5.75 Å². The number of hydrogen-bond acceptors (Lipinski definition) is 4. The average Bonchev–Trinajstić information content (AvgIpc) is 2.64. The van der Waals surface area contributed by atoms with Crippen LogP contribution < -0.4 is 5.32 Å². The van der Waals surface area contributed by atoms with E-state index in [9.17, 15) is 18.3 Å². The summed E-state index contributed by atoms with van der Waals surface area (Å²) in [6, 6.07) is 9.54. The van der Waals surface area contributed by atoms with Crippen molar-refractivity contribution in [1.82, 2.24) is 4.31 Å². The zero-order valence-corrected chi connectivity index (χ0v) is 17.5. The molecule has 0 atom stereocenters. The number of carbonyl (C=O) groups excluding carboxylic acids is 1. The van der Waals surface area contributed by atoms with Crippen LogP contribution in [0.3, 0.4) is 0 Å². The number of phenolic OH excluding ortho intramolecular Hbond substituents is 1. The molecule has 1 amide bonds. The smallest absolute Gasteiger partial charge is 0.246 e. The van der Waals surface area contributed by atoms with Crippen molar-refractivity contribution in [2.45, 2.75) is 24.7 Å². The zero-order valence-electron chi connectivity index (χ0n) is 15.2. The number of rotatable bonds is 4. The Bertz CT molecular complexity index is 983. The van der Waals surface area contributed by atoms with Crippen LogP contribution in [0.2, 0.25) is 10.0 Å². The summed E-state index contributed by atoms with van der Waals surface area (Å²) in [5.41, 5.74) is 1.22. The summed E-state index contributed by atoms with van der Waals surface area (Å²) in [4.78, 5) is 12.4. The fourth-order valence-corrected chi connectivity index (χ4v) is 5.76. The molecule has 1 saturated heterocycles. The Kier molecular flexibility index (Phi) is 6.19. The van der Waals surface area contributed by atoms with Crippen molar-refractivity contribution in [3.05, 3.63) is 52.0 Å². The molecule has 1 aliphatic rings. The van der Waals surface area contributed by atoms with Crippen LogP contribution in [0.25, 0.3) is 0 Å². The molecule has 9 heteroatoms. The molecule has 0 aromatic heterocycles. The molecule has 0 saturated carbocycles. The van der Waals surface area contributed by atoms with Gasteiger partial charge in [-0.1, -0.05) is 35.3 Å².